The van der Waals surface area contributed by atoms with Gasteiger partial charge in [-0.1, -0.05) is 55.7 Å². The quantitative estimate of drug-likeness (QED) is 0.602. The molecule has 0 N–H and O–H groups in total. The zero-order valence-electron chi connectivity index (χ0n) is 12.8. The average molecular weight is 294 g/mol. The third kappa shape index (κ3) is 3.14. The number of nitrogens with zero attached hydrogens (tertiary/aromatic N) is 2. The fraction of sp³-hybridized carbons (Fsp3) is 0.316. The first-order chi connectivity index (χ1) is 10.9. The summed E-state index contributed by atoms with van der Waals surface area (Å²) < 4.78 is 0. The number of benzene rings is 2. The molecular weight excluding hydrogens is 272 g/mol. The van der Waals surface area contributed by atoms with E-state index in [1.807, 2.05) is 48.5 Å². The van der Waals surface area contributed by atoms with E-state index in [4.69, 9.17) is 0 Å². The average Bonchev–Trinajstić information content (AvgIpc) is 2.62. The monoisotopic (exact) mass is 294 g/mol. The van der Waals surface area contributed by atoms with Gasteiger partial charge in [-0.25, -0.2) is 5.01 Å². The lowest BCUT2D eigenvalue weighted by Gasteiger charge is -2.41. The molecule has 1 fully saturated rings. The van der Waals surface area contributed by atoms with Crippen LogP contribution in [0.1, 0.15) is 32.1 Å². The van der Waals surface area contributed by atoms with E-state index in [1.54, 1.807) is 5.01 Å². The maximum Gasteiger partial charge on any atom is 0.233 e. The molecule has 3 nitrogen and oxygen atoms in total. The SMILES string of the molecule is O=CN(c1ccccc1)N(c1ccccc1)C1CCCCC1. The Kier molecular flexibility index (Phi) is 4.74. The summed E-state index contributed by atoms with van der Waals surface area (Å²) in [7, 11) is 0. The first kappa shape index (κ1) is 14.6. The molecule has 0 aromatic heterocycles. The zero-order valence-corrected chi connectivity index (χ0v) is 12.8. The van der Waals surface area contributed by atoms with Crippen LogP contribution in [0.5, 0.6) is 0 Å². The molecular formula is C19H22N2O. The largest absolute Gasteiger partial charge is 0.276 e. The maximum absolute atomic E-state index is 11.8. The van der Waals surface area contributed by atoms with E-state index in [0.29, 0.717) is 6.04 Å². The number of rotatable bonds is 5. The molecule has 3 heteroatoms. The Balaban J connectivity index is 1.98. The van der Waals surface area contributed by atoms with Gasteiger partial charge in [0, 0.05) is 0 Å². The molecule has 0 spiro atoms. The molecule has 0 heterocycles. The molecule has 1 amide bonds. The number of anilines is 2. The van der Waals surface area contributed by atoms with E-state index in [9.17, 15) is 4.79 Å². The van der Waals surface area contributed by atoms with Crippen LogP contribution < -0.4 is 10.0 Å². The van der Waals surface area contributed by atoms with Crippen LogP contribution >= 0.6 is 0 Å². The molecule has 114 valence electrons. The number of hydrogen-bond donors (Lipinski definition) is 0. The highest BCUT2D eigenvalue weighted by atomic mass is 16.1. The lowest BCUT2D eigenvalue weighted by molar-refractivity contribution is -0.107. The highest BCUT2D eigenvalue weighted by Crippen LogP contribution is 2.30. The van der Waals surface area contributed by atoms with Crippen LogP contribution in [0.15, 0.2) is 60.7 Å². The summed E-state index contributed by atoms with van der Waals surface area (Å²) in [6, 6.07) is 20.5. The lowest BCUT2D eigenvalue weighted by Crippen LogP contribution is -2.49. The van der Waals surface area contributed by atoms with Crippen molar-refractivity contribution in [3.8, 4) is 0 Å². The van der Waals surface area contributed by atoms with E-state index in [1.165, 1.54) is 19.3 Å². The molecule has 0 radical (unpaired) electrons. The highest BCUT2D eigenvalue weighted by molar-refractivity contribution is 5.80. The number of amides is 1. The molecule has 3 rings (SSSR count). The number of carbonyl (C=O) groups excluding carboxylic acids is 1. The minimum absolute atomic E-state index is 0.376. The molecule has 0 bridgehead atoms. The van der Waals surface area contributed by atoms with Crippen LogP contribution in [0.3, 0.4) is 0 Å². The van der Waals surface area contributed by atoms with Crippen molar-refractivity contribution in [2.24, 2.45) is 0 Å². The molecule has 22 heavy (non-hydrogen) atoms. The second kappa shape index (κ2) is 7.12. The minimum atomic E-state index is 0.376. The summed E-state index contributed by atoms with van der Waals surface area (Å²) >= 11 is 0. The molecule has 0 saturated heterocycles. The van der Waals surface area contributed by atoms with Gasteiger partial charge in [-0.3, -0.25) is 9.80 Å². The Morgan fingerprint density at radius 2 is 1.32 bits per heavy atom. The molecule has 1 aliphatic carbocycles. The van der Waals surface area contributed by atoms with E-state index < -0.39 is 0 Å². The fourth-order valence-corrected chi connectivity index (χ4v) is 3.23. The van der Waals surface area contributed by atoms with E-state index in [0.717, 1.165) is 30.6 Å². The Morgan fingerprint density at radius 1 is 0.773 bits per heavy atom. The summed E-state index contributed by atoms with van der Waals surface area (Å²) in [6.45, 7) is 0. The first-order valence-corrected chi connectivity index (χ1v) is 8.04. The number of hydrazine groups is 1. The molecule has 0 aliphatic heterocycles. The Hall–Kier alpha value is -2.29. The lowest BCUT2D eigenvalue weighted by atomic mass is 9.94. The van der Waals surface area contributed by atoms with Crippen molar-refractivity contribution < 1.29 is 4.79 Å². The molecule has 1 aliphatic rings. The van der Waals surface area contributed by atoms with E-state index >= 15 is 0 Å². The van der Waals surface area contributed by atoms with Crippen LogP contribution in [0, 0.1) is 0 Å². The number of carbonyl (C=O) groups is 1. The molecule has 1 saturated carbocycles. The number of para-hydroxylation sites is 2. The second-order valence-corrected chi connectivity index (χ2v) is 5.76. The zero-order chi connectivity index (χ0) is 15.2. The van der Waals surface area contributed by atoms with Crippen molar-refractivity contribution in [3.63, 3.8) is 0 Å². The molecule has 0 unspecified atom stereocenters. The van der Waals surface area contributed by atoms with Gasteiger partial charge in [-0.15, -0.1) is 0 Å². The first-order valence-electron chi connectivity index (χ1n) is 8.04. The molecule has 2 aromatic carbocycles. The second-order valence-electron chi connectivity index (χ2n) is 5.76. The van der Waals surface area contributed by atoms with Gasteiger partial charge in [0.1, 0.15) is 0 Å². The third-order valence-corrected chi connectivity index (χ3v) is 4.29. The van der Waals surface area contributed by atoms with Crippen LogP contribution in [0.4, 0.5) is 11.4 Å². The minimum Gasteiger partial charge on any atom is -0.276 e. The number of hydrogen-bond acceptors (Lipinski definition) is 2. The predicted octanol–water partition coefficient (Wildman–Crippen LogP) is 4.40. The van der Waals surface area contributed by atoms with E-state index in [2.05, 4.69) is 17.1 Å². The highest BCUT2D eigenvalue weighted by Gasteiger charge is 2.26. The normalized spacial score (nSPS) is 15.3. The van der Waals surface area contributed by atoms with Crippen molar-refractivity contribution >= 4 is 17.8 Å². The van der Waals surface area contributed by atoms with Crippen molar-refractivity contribution in [2.75, 3.05) is 10.0 Å². The van der Waals surface area contributed by atoms with Gasteiger partial charge in [0.2, 0.25) is 6.41 Å². The van der Waals surface area contributed by atoms with Crippen LogP contribution in [0.2, 0.25) is 0 Å². The summed E-state index contributed by atoms with van der Waals surface area (Å²) in [6.07, 6.45) is 6.95. The van der Waals surface area contributed by atoms with Crippen molar-refractivity contribution in [2.45, 2.75) is 38.1 Å². The Morgan fingerprint density at radius 3 is 1.86 bits per heavy atom. The van der Waals surface area contributed by atoms with Crippen LogP contribution in [-0.2, 0) is 4.79 Å². The molecule has 0 atom stereocenters. The van der Waals surface area contributed by atoms with Crippen molar-refractivity contribution in [3.05, 3.63) is 60.7 Å². The predicted molar refractivity (Wildman–Crippen MR) is 90.8 cm³/mol. The van der Waals surface area contributed by atoms with Gasteiger partial charge in [-0.2, -0.15) is 0 Å². The van der Waals surface area contributed by atoms with Gasteiger partial charge >= 0.3 is 0 Å². The summed E-state index contributed by atoms with van der Waals surface area (Å²) in [5.74, 6) is 0. The van der Waals surface area contributed by atoms with Gasteiger partial charge in [0.05, 0.1) is 17.4 Å². The van der Waals surface area contributed by atoms with E-state index in [-0.39, 0.29) is 0 Å². The van der Waals surface area contributed by atoms with Gasteiger partial charge in [0.15, 0.2) is 0 Å². The maximum atomic E-state index is 11.8. The van der Waals surface area contributed by atoms with Crippen LogP contribution in [-0.4, -0.2) is 12.5 Å². The third-order valence-electron chi connectivity index (χ3n) is 4.29. The van der Waals surface area contributed by atoms with Crippen LogP contribution in [0.25, 0.3) is 0 Å². The summed E-state index contributed by atoms with van der Waals surface area (Å²) in [4.78, 5) is 11.8. The summed E-state index contributed by atoms with van der Waals surface area (Å²) in [5, 5.41) is 3.92. The summed E-state index contributed by atoms with van der Waals surface area (Å²) in [5.41, 5.74) is 1.98. The molecule has 2 aromatic rings. The smallest absolute Gasteiger partial charge is 0.233 e. The Bertz CT molecular complexity index is 579. The standard InChI is InChI=1S/C19H22N2O/c22-16-20(17-10-4-1-5-11-17)21(18-12-6-2-7-13-18)19-14-8-3-9-15-19/h1-2,4-7,10-13,16,19H,3,8-9,14-15H2. The fourth-order valence-electron chi connectivity index (χ4n) is 3.23. The van der Waals surface area contributed by atoms with Gasteiger partial charge in [0.25, 0.3) is 0 Å². The Labute approximate surface area is 132 Å². The van der Waals surface area contributed by atoms with Gasteiger partial charge in [-0.05, 0) is 37.1 Å². The van der Waals surface area contributed by atoms with Crippen molar-refractivity contribution in [1.29, 1.82) is 0 Å². The van der Waals surface area contributed by atoms with Crippen molar-refractivity contribution in [1.82, 2.24) is 0 Å². The topological polar surface area (TPSA) is 23.6 Å². The van der Waals surface area contributed by atoms with Gasteiger partial charge < -0.3 is 0 Å².